The van der Waals surface area contributed by atoms with E-state index in [0.717, 1.165) is 22.5 Å². The molecule has 0 spiro atoms. The lowest BCUT2D eigenvalue weighted by molar-refractivity contribution is -0.130. The molecule has 21 heavy (non-hydrogen) atoms. The maximum Gasteiger partial charge on any atom is 0.262 e. The van der Waals surface area contributed by atoms with Crippen molar-refractivity contribution in [1.82, 2.24) is 9.80 Å². The number of hydrogen-bond donors (Lipinski definition) is 0. The Morgan fingerprint density at radius 1 is 1.14 bits per heavy atom. The van der Waals surface area contributed by atoms with Gasteiger partial charge in [0.05, 0.1) is 11.1 Å². The van der Waals surface area contributed by atoms with E-state index in [0.29, 0.717) is 23.0 Å². The van der Waals surface area contributed by atoms with Gasteiger partial charge in [-0.05, 0) is 36.5 Å². The monoisotopic (exact) mass is 348 g/mol. The average molecular weight is 349 g/mol. The van der Waals surface area contributed by atoms with E-state index >= 15 is 0 Å². The molecule has 0 aromatic heterocycles. The molecule has 2 aliphatic heterocycles. The molecule has 5 nitrogen and oxygen atoms in total. The molecule has 1 saturated heterocycles. The van der Waals surface area contributed by atoms with Gasteiger partial charge in [0.2, 0.25) is 5.91 Å². The molecule has 1 aromatic carbocycles. The fourth-order valence-corrected chi connectivity index (χ4v) is 3.60. The standard InChI is InChI=1S/C15H13BrN2O3/c16-10-1-2-11-12(4-10)15(21)18(14(11)20)7-13(19)17-5-8-3-9(8)6-17/h1-2,4,8-9H,3,5-7H2. The Kier molecular flexibility index (Phi) is 2.73. The molecule has 108 valence electrons. The Hall–Kier alpha value is -1.69. The highest BCUT2D eigenvalue weighted by atomic mass is 79.9. The topological polar surface area (TPSA) is 57.7 Å². The number of rotatable bonds is 2. The minimum Gasteiger partial charge on any atom is -0.341 e. The van der Waals surface area contributed by atoms with Crippen LogP contribution < -0.4 is 0 Å². The predicted molar refractivity (Wildman–Crippen MR) is 77.7 cm³/mol. The van der Waals surface area contributed by atoms with E-state index in [1.165, 1.54) is 6.42 Å². The molecular formula is C15H13BrN2O3. The molecule has 1 saturated carbocycles. The van der Waals surface area contributed by atoms with Gasteiger partial charge in [-0.15, -0.1) is 0 Å². The van der Waals surface area contributed by atoms with Crippen LogP contribution in [0.1, 0.15) is 27.1 Å². The van der Waals surface area contributed by atoms with Crippen LogP contribution in [0, 0.1) is 11.8 Å². The van der Waals surface area contributed by atoms with E-state index < -0.39 is 0 Å². The molecular weight excluding hydrogens is 336 g/mol. The quantitative estimate of drug-likeness (QED) is 0.761. The van der Waals surface area contributed by atoms with Gasteiger partial charge in [-0.2, -0.15) is 0 Å². The normalized spacial score (nSPS) is 26.1. The first kappa shape index (κ1) is 13.0. The van der Waals surface area contributed by atoms with E-state index in [-0.39, 0.29) is 24.3 Å². The molecule has 1 aromatic rings. The van der Waals surface area contributed by atoms with E-state index in [4.69, 9.17) is 0 Å². The van der Waals surface area contributed by atoms with Crippen LogP contribution in [-0.4, -0.2) is 47.2 Å². The summed E-state index contributed by atoms with van der Waals surface area (Å²) >= 11 is 3.29. The second-order valence-electron chi connectivity index (χ2n) is 5.94. The number of carbonyl (C=O) groups excluding carboxylic acids is 3. The number of carbonyl (C=O) groups is 3. The highest BCUT2D eigenvalue weighted by Crippen LogP contribution is 2.44. The second kappa shape index (κ2) is 4.40. The van der Waals surface area contributed by atoms with Crippen LogP contribution >= 0.6 is 15.9 Å². The fraction of sp³-hybridized carbons (Fsp3) is 0.400. The van der Waals surface area contributed by atoms with Crippen LogP contribution in [0.15, 0.2) is 22.7 Å². The van der Waals surface area contributed by atoms with Crippen molar-refractivity contribution in [1.29, 1.82) is 0 Å². The van der Waals surface area contributed by atoms with Crippen molar-refractivity contribution < 1.29 is 14.4 Å². The summed E-state index contributed by atoms with van der Waals surface area (Å²) in [6, 6.07) is 4.98. The van der Waals surface area contributed by atoms with Crippen molar-refractivity contribution in [3.8, 4) is 0 Å². The fourth-order valence-electron chi connectivity index (χ4n) is 3.24. The van der Waals surface area contributed by atoms with Crippen molar-refractivity contribution >= 4 is 33.7 Å². The molecule has 6 heteroatoms. The van der Waals surface area contributed by atoms with Crippen LogP contribution in [0.25, 0.3) is 0 Å². The molecule has 1 aliphatic carbocycles. The number of imide groups is 1. The molecule has 0 bridgehead atoms. The van der Waals surface area contributed by atoms with Gasteiger partial charge < -0.3 is 4.90 Å². The van der Waals surface area contributed by atoms with Crippen LogP contribution in [0.4, 0.5) is 0 Å². The van der Waals surface area contributed by atoms with Gasteiger partial charge in [0, 0.05) is 17.6 Å². The lowest BCUT2D eigenvalue weighted by Crippen LogP contribution is -2.42. The Balaban J connectivity index is 1.52. The van der Waals surface area contributed by atoms with Crippen LogP contribution in [0.3, 0.4) is 0 Å². The van der Waals surface area contributed by atoms with Gasteiger partial charge in [-0.1, -0.05) is 15.9 Å². The summed E-state index contributed by atoms with van der Waals surface area (Å²) in [5.41, 5.74) is 0.742. The van der Waals surface area contributed by atoms with Gasteiger partial charge in [-0.25, -0.2) is 0 Å². The molecule has 3 aliphatic rings. The number of piperidine rings is 1. The summed E-state index contributed by atoms with van der Waals surface area (Å²) in [6.07, 6.45) is 1.21. The lowest BCUT2D eigenvalue weighted by atomic mass is 10.1. The van der Waals surface area contributed by atoms with Gasteiger partial charge in [-0.3, -0.25) is 19.3 Å². The largest absolute Gasteiger partial charge is 0.341 e. The van der Waals surface area contributed by atoms with Gasteiger partial charge in [0.1, 0.15) is 6.54 Å². The minimum atomic E-state index is -0.381. The Morgan fingerprint density at radius 3 is 2.52 bits per heavy atom. The molecule has 4 rings (SSSR count). The third-order valence-corrected chi connectivity index (χ3v) is 5.05. The number of halogens is 1. The summed E-state index contributed by atoms with van der Waals surface area (Å²) in [7, 11) is 0. The van der Waals surface area contributed by atoms with Gasteiger partial charge in [0.15, 0.2) is 0 Å². The van der Waals surface area contributed by atoms with E-state index in [2.05, 4.69) is 15.9 Å². The zero-order chi connectivity index (χ0) is 14.7. The van der Waals surface area contributed by atoms with Crippen molar-refractivity contribution in [2.45, 2.75) is 6.42 Å². The maximum atomic E-state index is 12.3. The predicted octanol–water partition coefficient (Wildman–Crippen LogP) is 1.52. The zero-order valence-electron chi connectivity index (χ0n) is 11.2. The minimum absolute atomic E-state index is 0.129. The number of benzene rings is 1. The zero-order valence-corrected chi connectivity index (χ0v) is 12.8. The molecule has 2 heterocycles. The van der Waals surface area contributed by atoms with Crippen LogP contribution in [-0.2, 0) is 4.79 Å². The number of fused-ring (bicyclic) bond motifs is 2. The number of hydrogen-bond acceptors (Lipinski definition) is 3. The van der Waals surface area contributed by atoms with Gasteiger partial charge in [0.25, 0.3) is 11.8 Å². The SMILES string of the molecule is O=C(CN1C(=O)c2ccc(Br)cc2C1=O)N1CC2CC2C1. The first-order valence-electron chi connectivity index (χ1n) is 6.98. The molecule has 0 radical (unpaired) electrons. The molecule has 0 N–H and O–H groups in total. The first-order valence-corrected chi connectivity index (χ1v) is 7.77. The van der Waals surface area contributed by atoms with Crippen molar-refractivity contribution in [3.05, 3.63) is 33.8 Å². The highest BCUT2D eigenvalue weighted by Gasteiger charge is 2.47. The van der Waals surface area contributed by atoms with Gasteiger partial charge >= 0.3 is 0 Å². The smallest absolute Gasteiger partial charge is 0.262 e. The maximum absolute atomic E-state index is 12.3. The number of nitrogens with zero attached hydrogens (tertiary/aromatic N) is 2. The van der Waals surface area contributed by atoms with Crippen LogP contribution in [0.5, 0.6) is 0 Å². The Bertz CT molecular complexity index is 677. The van der Waals surface area contributed by atoms with Crippen molar-refractivity contribution in [2.24, 2.45) is 11.8 Å². The second-order valence-corrected chi connectivity index (χ2v) is 6.86. The van der Waals surface area contributed by atoms with E-state index in [9.17, 15) is 14.4 Å². The molecule has 2 unspecified atom stereocenters. The summed E-state index contributed by atoms with van der Waals surface area (Å²) in [5, 5.41) is 0. The van der Waals surface area contributed by atoms with Crippen molar-refractivity contribution in [2.75, 3.05) is 19.6 Å². The third-order valence-electron chi connectivity index (χ3n) is 4.56. The average Bonchev–Trinajstić information content (AvgIpc) is 3.01. The number of likely N-dealkylation sites (tertiary alicyclic amines) is 1. The third kappa shape index (κ3) is 2.00. The van der Waals surface area contributed by atoms with Crippen molar-refractivity contribution in [3.63, 3.8) is 0 Å². The summed E-state index contributed by atoms with van der Waals surface area (Å²) in [4.78, 5) is 39.6. The van der Waals surface area contributed by atoms with Crippen LogP contribution in [0.2, 0.25) is 0 Å². The molecule has 2 atom stereocenters. The summed E-state index contributed by atoms with van der Waals surface area (Å²) in [6.45, 7) is 1.40. The summed E-state index contributed by atoms with van der Waals surface area (Å²) in [5.74, 6) is 0.407. The Labute approximate surface area is 130 Å². The Morgan fingerprint density at radius 2 is 1.81 bits per heavy atom. The number of amides is 3. The highest BCUT2D eigenvalue weighted by molar-refractivity contribution is 9.10. The molecule has 2 fully saturated rings. The summed E-state index contributed by atoms with van der Waals surface area (Å²) < 4.78 is 0.746. The van der Waals surface area contributed by atoms with E-state index in [1.54, 1.807) is 23.1 Å². The lowest BCUT2D eigenvalue weighted by Gasteiger charge is -2.21. The van der Waals surface area contributed by atoms with E-state index in [1.807, 2.05) is 0 Å². The first-order chi connectivity index (χ1) is 10.0. The molecule has 3 amide bonds.